The number of aliphatic hydroxyl groups is 1. The Labute approximate surface area is 133 Å². The lowest BCUT2D eigenvalue weighted by atomic mass is 9.91. The summed E-state index contributed by atoms with van der Waals surface area (Å²) in [5.74, 6) is -1.80. The van der Waals surface area contributed by atoms with E-state index in [4.69, 9.17) is 5.73 Å². The SMILES string of the molecule is N[C@@H](Cc1ccc(O)cc1)C(=O)N[C@@]1(C(=O)O)C[C@H](O)[C@H]2C[C@H]21. The molecule has 0 aliphatic heterocycles. The molecule has 0 bridgehead atoms. The van der Waals surface area contributed by atoms with Crippen LogP contribution in [0.15, 0.2) is 24.3 Å². The largest absolute Gasteiger partial charge is 0.508 e. The standard InChI is InChI=1S/C16H20N2O5/c17-12(5-8-1-3-9(19)4-2-8)14(21)18-16(15(22)23)7-13(20)10-6-11(10)16/h1-4,10-13,19-20H,5-7,17H2,(H,18,21)(H,22,23)/t10-,11+,12-,13-,16-/m0/s1. The zero-order valence-electron chi connectivity index (χ0n) is 12.5. The first-order chi connectivity index (χ1) is 10.8. The second kappa shape index (κ2) is 5.50. The van der Waals surface area contributed by atoms with Crippen molar-refractivity contribution >= 4 is 11.9 Å². The van der Waals surface area contributed by atoms with E-state index in [1.807, 2.05) is 0 Å². The molecule has 3 rings (SSSR count). The molecule has 5 atom stereocenters. The van der Waals surface area contributed by atoms with Gasteiger partial charge in [-0.25, -0.2) is 4.79 Å². The molecule has 2 saturated carbocycles. The highest BCUT2D eigenvalue weighted by Gasteiger charge is 2.67. The van der Waals surface area contributed by atoms with Crippen LogP contribution in [0, 0.1) is 11.8 Å². The Kier molecular flexibility index (Phi) is 3.77. The molecule has 0 spiro atoms. The lowest BCUT2D eigenvalue weighted by Gasteiger charge is -2.29. The molecule has 23 heavy (non-hydrogen) atoms. The summed E-state index contributed by atoms with van der Waals surface area (Å²) in [6.07, 6.45) is 0.180. The number of aromatic hydroxyl groups is 1. The van der Waals surface area contributed by atoms with Gasteiger partial charge >= 0.3 is 5.97 Å². The third kappa shape index (κ3) is 2.77. The number of aliphatic hydroxyl groups excluding tert-OH is 1. The van der Waals surface area contributed by atoms with Crippen LogP contribution in [0.4, 0.5) is 0 Å². The average Bonchev–Trinajstić information content (AvgIpc) is 3.24. The van der Waals surface area contributed by atoms with E-state index in [0.717, 1.165) is 5.56 Å². The van der Waals surface area contributed by atoms with Gasteiger partial charge in [-0.15, -0.1) is 0 Å². The van der Waals surface area contributed by atoms with Gasteiger partial charge in [-0.2, -0.15) is 0 Å². The summed E-state index contributed by atoms with van der Waals surface area (Å²) in [7, 11) is 0. The molecule has 0 aromatic heterocycles. The van der Waals surface area contributed by atoms with Gasteiger partial charge in [-0.1, -0.05) is 12.1 Å². The highest BCUT2D eigenvalue weighted by Crippen LogP contribution is 2.57. The second-order valence-corrected chi connectivity index (χ2v) is 6.52. The van der Waals surface area contributed by atoms with E-state index in [0.29, 0.717) is 6.42 Å². The van der Waals surface area contributed by atoms with Crippen LogP contribution >= 0.6 is 0 Å². The van der Waals surface area contributed by atoms with Gasteiger partial charge in [0, 0.05) is 6.42 Å². The van der Waals surface area contributed by atoms with Gasteiger partial charge in [0.15, 0.2) is 0 Å². The molecule has 1 aromatic rings. The maximum Gasteiger partial charge on any atom is 0.329 e. The number of carboxylic acids is 1. The zero-order valence-corrected chi connectivity index (χ0v) is 12.5. The smallest absolute Gasteiger partial charge is 0.329 e. The fourth-order valence-corrected chi connectivity index (χ4v) is 3.57. The summed E-state index contributed by atoms with van der Waals surface area (Å²) in [6, 6.07) is 5.42. The van der Waals surface area contributed by atoms with Crippen LogP contribution in [0.25, 0.3) is 0 Å². The van der Waals surface area contributed by atoms with E-state index in [9.17, 15) is 24.9 Å². The number of hydrogen-bond donors (Lipinski definition) is 5. The first-order valence-electron chi connectivity index (χ1n) is 7.60. The van der Waals surface area contributed by atoms with Crippen LogP contribution in [-0.4, -0.2) is 44.9 Å². The number of amides is 1. The summed E-state index contributed by atoms with van der Waals surface area (Å²) >= 11 is 0. The van der Waals surface area contributed by atoms with Crippen LogP contribution in [0.1, 0.15) is 18.4 Å². The van der Waals surface area contributed by atoms with Crippen LogP contribution < -0.4 is 11.1 Å². The number of phenolic OH excluding ortho intramolecular Hbond substituents is 1. The van der Waals surface area contributed by atoms with Gasteiger partial charge in [0.1, 0.15) is 11.3 Å². The third-order valence-electron chi connectivity index (χ3n) is 4.95. The second-order valence-electron chi connectivity index (χ2n) is 6.52. The van der Waals surface area contributed by atoms with Crippen molar-refractivity contribution in [2.45, 2.75) is 36.9 Å². The molecule has 2 aliphatic carbocycles. The number of carbonyl (C=O) groups is 2. The molecule has 0 unspecified atom stereocenters. The summed E-state index contributed by atoms with van der Waals surface area (Å²) < 4.78 is 0. The number of carbonyl (C=O) groups excluding carboxylic acids is 1. The van der Waals surface area contributed by atoms with E-state index < -0.39 is 29.6 Å². The summed E-state index contributed by atoms with van der Waals surface area (Å²) in [5.41, 5.74) is 5.25. The number of nitrogens with one attached hydrogen (secondary N) is 1. The van der Waals surface area contributed by atoms with E-state index >= 15 is 0 Å². The number of carboxylic acid groups (broad SMARTS) is 1. The molecule has 0 heterocycles. The third-order valence-corrected chi connectivity index (χ3v) is 4.95. The number of phenols is 1. The molecule has 2 aliphatic rings. The highest BCUT2D eigenvalue weighted by atomic mass is 16.4. The number of hydrogen-bond acceptors (Lipinski definition) is 5. The summed E-state index contributed by atoms with van der Waals surface area (Å²) in [5, 5.41) is 31.2. The van der Waals surface area contributed by atoms with E-state index in [2.05, 4.69) is 5.32 Å². The average molecular weight is 320 g/mol. The van der Waals surface area contributed by atoms with Gasteiger partial charge in [-0.05, 0) is 42.4 Å². The Balaban J connectivity index is 1.68. The number of nitrogens with two attached hydrogens (primary N) is 1. The minimum Gasteiger partial charge on any atom is -0.508 e. The molecule has 1 amide bonds. The number of fused-ring (bicyclic) bond motifs is 1. The molecular weight excluding hydrogens is 300 g/mol. The minimum absolute atomic E-state index is 0.0232. The predicted molar refractivity (Wildman–Crippen MR) is 80.5 cm³/mol. The molecule has 0 saturated heterocycles. The van der Waals surface area contributed by atoms with Gasteiger partial charge in [0.05, 0.1) is 12.1 Å². The maximum absolute atomic E-state index is 12.3. The summed E-state index contributed by atoms with van der Waals surface area (Å²) in [4.78, 5) is 24.0. The topological polar surface area (TPSA) is 133 Å². The van der Waals surface area contributed by atoms with Crippen molar-refractivity contribution in [3.8, 4) is 5.75 Å². The van der Waals surface area contributed by atoms with E-state index in [1.54, 1.807) is 12.1 Å². The molecule has 7 heteroatoms. The zero-order chi connectivity index (χ0) is 16.8. The number of benzene rings is 1. The van der Waals surface area contributed by atoms with Crippen molar-refractivity contribution in [3.05, 3.63) is 29.8 Å². The fourth-order valence-electron chi connectivity index (χ4n) is 3.57. The first kappa shape index (κ1) is 15.8. The van der Waals surface area contributed by atoms with Crippen LogP contribution in [-0.2, 0) is 16.0 Å². The Bertz CT molecular complexity index is 632. The molecule has 7 nitrogen and oxygen atoms in total. The Morgan fingerprint density at radius 1 is 1.35 bits per heavy atom. The number of aliphatic carboxylic acids is 1. The normalized spacial score (nSPS) is 32.9. The molecular formula is C16H20N2O5. The predicted octanol–water partition coefficient (Wildman–Crippen LogP) is -0.398. The van der Waals surface area contributed by atoms with Gasteiger partial charge < -0.3 is 26.4 Å². The van der Waals surface area contributed by atoms with Crippen molar-refractivity contribution in [2.75, 3.05) is 0 Å². The molecule has 6 N–H and O–H groups in total. The lowest BCUT2D eigenvalue weighted by molar-refractivity contribution is -0.149. The fraction of sp³-hybridized carbons (Fsp3) is 0.500. The van der Waals surface area contributed by atoms with E-state index in [-0.39, 0.29) is 30.4 Å². The van der Waals surface area contributed by atoms with Gasteiger partial charge in [-0.3, -0.25) is 4.79 Å². The van der Waals surface area contributed by atoms with Crippen molar-refractivity contribution < 1.29 is 24.9 Å². The van der Waals surface area contributed by atoms with Crippen molar-refractivity contribution in [1.29, 1.82) is 0 Å². The Morgan fingerprint density at radius 3 is 2.48 bits per heavy atom. The minimum atomic E-state index is -1.41. The van der Waals surface area contributed by atoms with Crippen molar-refractivity contribution in [3.63, 3.8) is 0 Å². The summed E-state index contributed by atoms with van der Waals surface area (Å²) in [6.45, 7) is 0. The lowest BCUT2D eigenvalue weighted by Crippen LogP contribution is -2.59. The number of rotatable bonds is 5. The van der Waals surface area contributed by atoms with Crippen LogP contribution in [0.2, 0.25) is 0 Å². The van der Waals surface area contributed by atoms with Crippen molar-refractivity contribution in [1.82, 2.24) is 5.32 Å². The molecule has 1 aromatic carbocycles. The van der Waals surface area contributed by atoms with Crippen LogP contribution in [0.5, 0.6) is 5.75 Å². The molecule has 124 valence electrons. The maximum atomic E-state index is 12.3. The van der Waals surface area contributed by atoms with E-state index in [1.165, 1.54) is 12.1 Å². The first-order valence-corrected chi connectivity index (χ1v) is 7.60. The monoisotopic (exact) mass is 320 g/mol. The highest BCUT2D eigenvalue weighted by molar-refractivity contribution is 5.90. The van der Waals surface area contributed by atoms with Crippen LogP contribution in [0.3, 0.4) is 0 Å². The molecule has 0 radical (unpaired) electrons. The van der Waals surface area contributed by atoms with Gasteiger partial charge in [0.25, 0.3) is 0 Å². The Hall–Kier alpha value is -2.12. The Morgan fingerprint density at radius 2 is 2.00 bits per heavy atom. The quantitative estimate of drug-likeness (QED) is 0.501. The van der Waals surface area contributed by atoms with Crippen molar-refractivity contribution in [2.24, 2.45) is 17.6 Å². The van der Waals surface area contributed by atoms with Gasteiger partial charge in [0.2, 0.25) is 5.91 Å². The molecule has 2 fully saturated rings.